The van der Waals surface area contributed by atoms with E-state index >= 15 is 0 Å². The summed E-state index contributed by atoms with van der Waals surface area (Å²) in [7, 11) is 0. The van der Waals surface area contributed by atoms with E-state index in [1.54, 1.807) is 6.08 Å². The molecule has 2 heterocycles. The Morgan fingerprint density at radius 2 is 2.06 bits per heavy atom. The minimum absolute atomic E-state index is 0.314. The van der Waals surface area contributed by atoms with Crippen molar-refractivity contribution in [1.82, 2.24) is 5.32 Å². The number of rotatable bonds is 1. The molecule has 86 valence electrons. The Kier molecular flexibility index (Phi) is 2.49. The number of nitrogens with one attached hydrogen (secondary N) is 1. The summed E-state index contributed by atoms with van der Waals surface area (Å²) in [4.78, 5) is 22.8. The molecule has 2 amide bonds. The Morgan fingerprint density at radius 1 is 1.24 bits per heavy atom. The van der Waals surface area contributed by atoms with Gasteiger partial charge in [-0.05, 0) is 40.6 Å². The molecule has 1 aromatic rings. The number of hydrogen-bond acceptors (Lipinski definition) is 4. The second-order valence-electron chi connectivity index (χ2n) is 3.87. The van der Waals surface area contributed by atoms with Crippen LogP contribution in [0.3, 0.4) is 0 Å². The van der Waals surface area contributed by atoms with Crippen LogP contribution >= 0.6 is 11.8 Å². The van der Waals surface area contributed by atoms with E-state index < -0.39 is 0 Å². The molecule has 1 N–H and O–H groups in total. The molecule has 4 nitrogen and oxygen atoms in total. The molecule has 0 bridgehead atoms. The van der Waals surface area contributed by atoms with Crippen LogP contribution in [0.1, 0.15) is 16.7 Å². The first-order valence-electron chi connectivity index (χ1n) is 5.17. The molecule has 0 aromatic heterocycles. The lowest BCUT2D eigenvalue weighted by Crippen LogP contribution is -2.17. The van der Waals surface area contributed by atoms with Crippen LogP contribution in [-0.4, -0.2) is 11.1 Å². The highest BCUT2D eigenvalue weighted by molar-refractivity contribution is 8.18. The molecule has 17 heavy (non-hydrogen) atoms. The van der Waals surface area contributed by atoms with E-state index in [4.69, 9.17) is 4.74 Å². The van der Waals surface area contributed by atoms with Crippen molar-refractivity contribution in [3.8, 4) is 0 Å². The summed E-state index contributed by atoms with van der Waals surface area (Å²) < 4.78 is 5.32. The monoisotopic (exact) mass is 247 g/mol. The lowest BCUT2D eigenvalue weighted by Gasteiger charge is -1.99. The third kappa shape index (κ3) is 1.99. The average Bonchev–Trinajstić information content (AvgIpc) is 2.85. The molecular weight excluding hydrogens is 238 g/mol. The molecule has 1 aromatic carbocycles. The molecule has 0 unspecified atom stereocenters. The first-order valence-corrected chi connectivity index (χ1v) is 5.98. The first kappa shape index (κ1) is 10.6. The van der Waals surface area contributed by atoms with Crippen LogP contribution in [0.4, 0.5) is 4.79 Å². The Bertz CT molecular complexity index is 551. The lowest BCUT2D eigenvalue weighted by atomic mass is 10.1. The van der Waals surface area contributed by atoms with Gasteiger partial charge in [0.1, 0.15) is 0 Å². The number of carbonyl (C=O) groups excluding carboxylic acids is 2. The van der Waals surface area contributed by atoms with Gasteiger partial charge in [-0.2, -0.15) is 0 Å². The number of imide groups is 1. The van der Waals surface area contributed by atoms with E-state index in [-0.39, 0.29) is 11.1 Å². The second kappa shape index (κ2) is 4.01. The fraction of sp³-hybridized carbons (Fsp3) is 0.167. The number of amides is 2. The van der Waals surface area contributed by atoms with Crippen molar-refractivity contribution in [1.29, 1.82) is 0 Å². The Balaban J connectivity index is 1.93. The van der Waals surface area contributed by atoms with Crippen LogP contribution in [0, 0.1) is 0 Å². The van der Waals surface area contributed by atoms with Gasteiger partial charge in [0.25, 0.3) is 11.1 Å². The predicted octanol–water partition coefficient (Wildman–Crippen LogP) is 2.04. The van der Waals surface area contributed by atoms with Crippen molar-refractivity contribution in [2.24, 2.45) is 0 Å². The molecule has 0 atom stereocenters. The van der Waals surface area contributed by atoms with Crippen molar-refractivity contribution >= 4 is 29.0 Å². The normalized spacial score (nSPS) is 20.8. The van der Waals surface area contributed by atoms with E-state index in [1.165, 1.54) is 5.56 Å². The summed E-state index contributed by atoms with van der Waals surface area (Å²) in [5, 5.41) is 1.92. The maximum Gasteiger partial charge on any atom is 0.290 e. The zero-order valence-electron chi connectivity index (χ0n) is 8.86. The molecule has 0 saturated carbocycles. The standard InChI is InChI=1S/C12H9NO3S/c14-11-10(17-12(15)13-11)4-7-1-2-8-5-16-6-9(8)3-7/h1-4H,5-6H2,(H,13,14,15)/b10-4-. The summed E-state index contributed by atoms with van der Waals surface area (Å²) in [5.74, 6) is -0.322. The molecule has 1 saturated heterocycles. The smallest absolute Gasteiger partial charge is 0.290 e. The average molecular weight is 247 g/mol. The quantitative estimate of drug-likeness (QED) is 0.771. The highest BCUT2D eigenvalue weighted by Gasteiger charge is 2.25. The molecule has 0 radical (unpaired) electrons. The maximum absolute atomic E-state index is 11.4. The molecule has 0 spiro atoms. The Hall–Kier alpha value is -1.59. The molecule has 2 aliphatic heterocycles. The van der Waals surface area contributed by atoms with Crippen LogP contribution in [0.5, 0.6) is 0 Å². The van der Waals surface area contributed by atoms with Crippen LogP contribution < -0.4 is 5.32 Å². The maximum atomic E-state index is 11.4. The van der Waals surface area contributed by atoms with Crippen molar-refractivity contribution < 1.29 is 14.3 Å². The molecule has 3 rings (SSSR count). The second-order valence-corrected chi connectivity index (χ2v) is 4.89. The fourth-order valence-corrected chi connectivity index (χ4v) is 2.54. The van der Waals surface area contributed by atoms with E-state index in [0.29, 0.717) is 18.1 Å². The van der Waals surface area contributed by atoms with E-state index in [2.05, 4.69) is 5.32 Å². The molecule has 1 fully saturated rings. The van der Waals surface area contributed by atoms with Crippen molar-refractivity contribution in [2.45, 2.75) is 13.2 Å². The predicted molar refractivity (Wildman–Crippen MR) is 64.0 cm³/mol. The van der Waals surface area contributed by atoms with Crippen molar-refractivity contribution in [3.05, 3.63) is 39.8 Å². The van der Waals surface area contributed by atoms with Gasteiger partial charge in [-0.15, -0.1) is 0 Å². The third-order valence-electron chi connectivity index (χ3n) is 2.69. The van der Waals surface area contributed by atoms with Gasteiger partial charge in [-0.3, -0.25) is 14.9 Å². The van der Waals surface area contributed by atoms with Gasteiger partial charge in [0, 0.05) is 0 Å². The van der Waals surface area contributed by atoms with Crippen LogP contribution in [0.25, 0.3) is 6.08 Å². The van der Waals surface area contributed by atoms with Gasteiger partial charge in [-0.1, -0.05) is 12.1 Å². The van der Waals surface area contributed by atoms with E-state index in [1.807, 2.05) is 18.2 Å². The van der Waals surface area contributed by atoms with Crippen LogP contribution in [-0.2, 0) is 22.7 Å². The van der Waals surface area contributed by atoms with Gasteiger partial charge in [0.15, 0.2) is 0 Å². The summed E-state index contributed by atoms with van der Waals surface area (Å²) in [6.45, 7) is 1.27. The van der Waals surface area contributed by atoms with Gasteiger partial charge < -0.3 is 4.74 Å². The molecule has 5 heteroatoms. The van der Waals surface area contributed by atoms with Crippen molar-refractivity contribution in [2.75, 3.05) is 0 Å². The number of thioether (sulfide) groups is 1. The summed E-state index contributed by atoms with van der Waals surface area (Å²) >= 11 is 0.932. The van der Waals surface area contributed by atoms with E-state index in [0.717, 1.165) is 22.9 Å². The summed E-state index contributed by atoms with van der Waals surface area (Å²) in [6.07, 6.45) is 1.73. The Labute approximate surface area is 102 Å². The van der Waals surface area contributed by atoms with Gasteiger partial charge in [0.2, 0.25) is 0 Å². The third-order valence-corrected chi connectivity index (χ3v) is 3.50. The number of fused-ring (bicyclic) bond motifs is 1. The van der Waals surface area contributed by atoms with E-state index in [9.17, 15) is 9.59 Å². The number of hydrogen-bond donors (Lipinski definition) is 1. The van der Waals surface area contributed by atoms with Crippen LogP contribution in [0.2, 0.25) is 0 Å². The van der Waals surface area contributed by atoms with Crippen LogP contribution in [0.15, 0.2) is 23.1 Å². The number of ether oxygens (including phenoxy) is 1. The van der Waals surface area contributed by atoms with Gasteiger partial charge in [-0.25, -0.2) is 0 Å². The molecular formula is C12H9NO3S. The zero-order chi connectivity index (χ0) is 11.8. The lowest BCUT2D eigenvalue weighted by molar-refractivity contribution is -0.115. The summed E-state index contributed by atoms with van der Waals surface area (Å²) in [5.41, 5.74) is 3.25. The summed E-state index contributed by atoms with van der Waals surface area (Å²) in [6, 6.07) is 5.91. The SMILES string of the molecule is O=C1NC(=O)/C(=C/c2ccc3c(c2)COC3)S1. The first-order chi connectivity index (χ1) is 8.22. The highest BCUT2D eigenvalue weighted by atomic mass is 32.2. The fourth-order valence-electron chi connectivity index (χ4n) is 1.85. The number of benzene rings is 1. The minimum Gasteiger partial charge on any atom is -0.372 e. The van der Waals surface area contributed by atoms with Gasteiger partial charge >= 0.3 is 0 Å². The van der Waals surface area contributed by atoms with Crippen molar-refractivity contribution in [3.63, 3.8) is 0 Å². The minimum atomic E-state index is -0.322. The highest BCUT2D eigenvalue weighted by Crippen LogP contribution is 2.27. The molecule has 2 aliphatic rings. The topological polar surface area (TPSA) is 55.4 Å². The molecule has 0 aliphatic carbocycles. The number of carbonyl (C=O) groups is 2. The Morgan fingerprint density at radius 3 is 2.82 bits per heavy atom. The largest absolute Gasteiger partial charge is 0.372 e. The zero-order valence-corrected chi connectivity index (χ0v) is 9.67. The van der Waals surface area contributed by atoms with Gasteiger partial charge in [0.05, 0.1) is 18.1 Å².